The maximum absolute atomic E-state index is 2.83. The second kappa shape index (κ2) is 11.9. The van der Waals surface area contributed by atoms with Crippen LogP contribution in [0.5, 0.6) is 0 Å². The highest BCUT2D eigenvalue weighted by atomic mass is 28.3. The molecule has 0 spiro atoms. The molecule has 2 aromatic carbocycles. The fourth-order valence-corrected chi connectivity index (χ4v) is 29.5. The van der Waals surface area contributed by atoms with Crippen molar-refractivity contribution < 1.29 is 0 Å². The van der Waals surface area contributed by atoms with Crippen LogP contribution >= 0.6 is 0 Å². The fourth-order valence-electron chi connectivity index (χ4n) is 9.88. The Morgan fingerprint density at radius 1 is 0.400 bits per heavy atom. The van der Waals surface area contributed by atoms with Crippen LogP contribution in [-0.2, 0) is 0 Å². The first-order chi connectivity index (χ1) is 17.9. The summed E-state index contributed by atoms with van der Waals surface area (Å²) in [5, 5.41) is 10.5. The Kier molecular flexibility index (Phi) is 10.7. The SMILES string of the molecule is Cc1c(C)c([Si](C(C)C)(C(C)C)C(C)C)c2cc([Si](C)(C)C)c([Si](C)(C)C)cc2c1[Si](C(C)C)(C(C)C)C(C)C. The van der Waals surface area contributed by atoms with E-state index in [1.54, 1.807) is 32.3 Å². The molecule has 0 aliphatic heterocycles. The predicted octanol–water partition coefficient (Wildman–Crippen LogP) is 10.3. The van der Waals surface area contributed by atoms with Gasteiger partial charge in [0.25, 0.3) is 0 Å². The highest BCUT2D eigenvalue weighted by Crippen LogP contribution is 2.46. The standard InChI is InChI=1S/C36H68Si4/c1-23(2)39(24(3)4,25(5)6)35-29(13)30(14)36(40(26(7)8,27(9)10)28(11)12)32-22-34(38(18,19)20)33(21-31(32)35)37(15,16)17/h21-28H,1-20H3. The van der Waals surface area contributed by atoms with Crippen LogP contribution in [0.3, 0.4) is 0 Å². The van der Waals surface area contributed by atoms with Crippen molar-refractivity contribution in [1.29, 1.82) is 0 Å². The normalized spacial score (nSPS) is 14.3. The van der Waals surface area contributed by atoms with Gasteiger partial charge in [-0.15, -0.1) is 0 Å². The maximum atomic E-state index is 2.83. The van der Waals surface area contributed by atoms with Gasteiger partial charge in [0, 0.05) is 0 Å². The van der Waals surface area contributed by atoms with E-state index in [1.165, 1.54) is 0 Å². The fraction of sp³-hybridized carbons (Fsp3) is 0.722. The molecule has 0 fully saturated rings. The monoisotopic (exact) mass is 612 g/mol. The molecular formula is C36H68Si4. The van der Waals surface area contributed by atoms with Crippen molar-refractivity contribution >= 4 is 63.8 Å². The molecule has 0 nitrogen and oxygen atoms in total. The van der Waals surface area contributed by atoms with E-state index < -0.39 is 32.3 Å². The average molecular weight is 613 g/mol. The van der Waals surface area contributed by atoms with Crippen LogP contribution in [0.2, 0.25) is 72.5 Å². The number of benzene rings is 2. The molecule has 2 aromatic rings. The summed E-state index contributed by atoms with van der Waals surface area (Å²) in [5.41, 5.74) is 7.53. The zero-order valence-corrected chi connectivity index (χ0v) is 34.6. The highest BCUT2D eigenvalue weighted by Gasteiger charge is 2.50. The highest BCUT2D eigenvalue weighted by molar-refractivity contribution is 7.01. The summed E-state index contributed by atoms with van der Waals surface area (Å²) in [6.45, 7) is 51.4. The molecule has 40 heavy (non-hydrogen) atoms. The van der Waals surface area contributed by atoms with E-state index >= 15 is 0 Å². The van der Waals surface area contributed by atoms with Crippen LogP contribution in [0.1, 0.15) is 94.2 Å². The maximum Gasteiger partial charge on any atom is 0.0954 e. The first-order valence-electron chi connectivity index (χ1n) is 16.6. The summed E-state index contributed by atoms with van der Waals surface area (Å²) < 4.78 is 0. The molecule has 0 heterocycles. The number of rotatable bonds is 10. The molecule has 0 saturated heterocycles. The molecule has 0 amide bonds. The van der Waals surface area contributed by atoms with Gasteiger partial charge in [-0.1, -0.05) is 145 Å². The smallest absolute Gasteiger partial charge is 0.0656 e. The van der Waals surface area contributed by atoms with Gasteiger partial charge in [-0.25, -0.2) is 0 Å². The van der Waals surface area contributed by atoms with Gasteiger partial charge in [-0.05, 0) is 79.4 Å². The average Bonchev–Trinajstić information content (AvgIpc) is 2.75. The number of hydrogen-bond donors (Lipinski definition) is 0. The number of hydrogen-bond acceptors (Lipinski definition) is 0. The van der Waals surface area contributed by atoms with Gasteiger partial charge in [0.05, 0.1) is 32.3 Å². The third-order valence-electron chi connectivity index (χ3n) is 11.2. The molecule has 228 valence electrons. The summed E-state index contributed by atoms with van der Waals surface area (Å²) in [6, 6.07) is 5.66. The van der Waals surface area contributed by atoms with Crippen LogP contribution in [0.15, 0.2) is 12.1 Å². The molecule has 0 saturated carbocycles. The molecule has 0 radical (unpaired) electrons. The Balaban J connectivity index is 3.60. The molecule has 0 aliphatic rings. The van der Waals surface area contributed by atoms with Gasteiger partial charge in [0.15, 0.2) is 0 Å². The Morgan fingerprint density at radius 2 is 0.600 bits per heavy atom. The van der Waals surface area contributed by atoms with Crippen LogP contribution in [-0.4, -0.2) is 32.3 Å². The van der Waals surface area contributed by atoms with Gasteiger partial charge >= 0.3 is 0 Å². The van der Waals surface area contributed by atoms with Gasteiger partial charge in [0.1, 0.15) is 0 Å². The van der Waals surface area contributed by atoms with E-state index in [9.17, 15) is 0 Å². The van der Waals surface area contributed by atoms with Crippen molar-refractivity contribution in [3.8, 4) is 0 Å². The lowest BCUT2D eigenvalue weighted by molar-refractivity contribution is 0.832. The van der Waals surface area contributed by atoms with Crippen LogP contribution < -0.4 is 20.7 Å². The second-order valence-electron chi connectivity index (χ2n) is 17.2. The summed E-state index contributed by atoms with van der Waals surface area (Å²) in [6.07, 6.45) is 0. The lowest BCUT2D eigenvalue weighted by atomic mass is 10.0. The zero-order valence-electron chi connectivity index (χ0n) is 30.6. The van der Waals surface area contributed by atoms with Crippen LogP contribution in [0, 0.1) is 13.8 Å². The second-order valence-corrected chi connectivity index (χ2v) is 39.0. The van der Waals surface area contributed by atoms with Gasteiger partial charge < -0.3 is 0 Å². The molecule has 0 unspecified atom stereocenters. The summed E-state index contributed by atoms with van der Waals surface area (Å²) >= 11 is 0. The molecule has 0 atom stereocenters. The third-order valence-corrected chi connectivity index (χ3v) is 30.0. The first kappa shape index (κ1) is 35.8. The Hall–Kier alpha value is -0.432. The van der Waals surface area contributed by atoms with E-state index in [4.69, 9.17) is 0 Å². The van der Waals surface area contributed by atoms with Crippen molar-refractivity contribution in [3.63, 3.8) is 0 Å². The quantitative estimate of drug-likeness (QED) is 0.234. The van der Waals surface area contributed by atoms with Crippen molar-refractivity contribution in [2.45, 2.75) is 169 Å². The third kappa shape index (κ3) is 5.50. The summed E-state index contributed by atoms with van der Waals surface area (Å²) in [4.78, 5) is 0. The molecule has 0 bridgehead atoms. The van der Waals surface area contributed by atoms with Crippen LogP contribution in [0.25, 0.3) is 10.8 Å². The topological polar surface area (TPSA) is 0 Å². The molecule has 0 aliphatic carbocycles. The van der Waals surface area contributed by atoms with Crippen molar-refractivity contribution in [2.24, 2.45) is 0 Å². The van der Waals surface area contributed by atoms with Crippen molar-refractivity contribution in [1.82, 2.24) is 0 Å². The van der Waals surface area contributed by atoms with Crippen molar-refractivity contribution in [2.75, 3.05) is 0 Å². The van der Waals surface area contributed by atoms with E-state index in [1.807, 2.05) is 10.4 Å². The van der Waals surface area contributed by atoms with Crippen molar-refractivity contribution in [3.05, 3.63) is 23.3 Å². The molecule has 0 N–H and O–H groups in total. The Bertz CT molecular complexity index is 1060. The van der Waals surface area contributed by atoms with Gasteiger partial charge in [0.2, 0.25) is 0 Å². The minimum atomic E-state index is -1.91. The van der Waals surface area contributed by atoms with E-state index in [0.717, 1.165) is 0 Å². The predicted molar refractivity (Wildman–Crippen MR) is 201 cm³/mol. The lowest BCUT2D eigenvalue weighted by Gasteiger charge is -2.49. The lowest BCUT2D eigenvalue weighted by Crippen LogP contribution is -2.62. The van der Waals surface area contributed by atoms with Gasteiger partial charge in [-0.3, -0.25) is 0 Å². The molecule has 4 heteroatoms. The van der Waals surface area contributed by atoms with Gasteiger partial charge in [-0.2, -0.15) is 0 Å². The van der Waals surface area contributed by atoms with E-state index in [2.05, 4.69) is 148 Å². The molecule has 0 aromatic heterocycles. The first-order valence-corrected chi connectivity index (χ1v) is 28.0. The van der Waals surface area contributed by atoms with E-state index in [-0.39, 0.29) is 0 Å². The number of fused-ring (bicyclic) bond motifs is 1. The minimum Gasteiger partial charge on any atom is -0.0656 e. The minimum absolute atomic E-state index is 0.703. The Labute approximate surface area is 255 Å². The molecular weight excluding hydrogens is 545 g/mol. The largest absolute Gasteiger partial charge is 0.0954 e. The Morgan fingerprint density at radius 3 is 0.750 bits per heavy atom. The summed E-state index contributed by atoms with van der Waals surface area (Å²) in [7, 11) is -6.96. The zero-order chi connectivity index (χ0) is 31.5. The van der Waals surface area contributed by atoms with Crippen LogP contribution in [0.4, 0.5) is 0 Å². The van der Waals surface area contributed by atoms with E-state index in [0.29, 0.717) is 33.2 Å². The molecule has 2 rings (SSSR count). The summed E-state index contributed by atoms with van der Waals surface area (Å²) in [5.74, 6) is 0.